The molecule has 0 bridgehead atoms. The van der Waals surface area contributed by atoms with Gasteiger partial charge in [0.25, 0.3) is 5.91 Å². The molecule has 1 aliphatic carbocycles. The fraction of sp³-hybridized carbons (Fsp3) is 0.409. The Balaban J connectivity index is 1.36. The summed E-state index contributed by atoms with van der Waals surface area (Å²) in [6.07, 6.45) is -1.41. The highest BCUT2D eigenvalue weighted by atomic mass is 35.5. The van der Waals surface area contributed by atoms with Gasteiger partial charge in [-0.3, -0.25) is 14.6 Å². The van der Waals surface area contributed by atoms with E-state index in [9.17, 15) is 27.2 Å². The van der Waals surface area contributed by atoms with Crippen LogP contribution in [0.4, 0.5) is 17.6 Å². The first-order valence-electron chi connectivity index (χ1n) is 10.3. The molecular weight excluding hydrogens is 466 g/mol. The van der Waals surface area contributed by atoms with Crippen LogP contribution in [0.2, 0.25) is 5.02 Å². The molecule has 178 valence electrons. The third kappa shape index (κ3) is 7.31. The summed E-state index contributed by atoms with van der Waals surface area (Å²) in [4.78, 5) is 28.2. The summed E-state index contributed by atoms with van der Waals surface area (Å²) >= 11 is 5.60. The zero-order chi connectivity index (χ0) is 24.0. The Hall–Kier alpha value is -2.88. The number of aromatic nitrogens is 1. The maximum Gasteiger partial charge on any atom is 0.417 e. The quantitative estimate of drug-likeness (QED) is 0.572. The first-order chi connectivity index (χ1) is 15.6. The molecule has 2 amide bonds. The normalized spacial score (nSPS) is 18.5. The molecule has 2 N–H and O–H groups in total. The van der Waals surface area contributed by atoms with Gasteiger partial charge < -0.3 is 15.4 Å². The van der Waals surface area contributed by atoms with E-state index in [0.717, 1.165) is 18.3 Å². The van der Waals surface area contributed by atoms with Crippen molar-refractivity contribution in [2.24, 2.45) is 5.92 Å². The molecule has 6 nitrogen and oxygen atoms in total. The van der Waals surface area contributed by atoms with Crippen LogP contribution in [0, 0.1) is 11.7 Å². The van der Waals surface area contributed by atoms with Crippen LogP contribution in [-0.4, -0.2) is 29.4 Å². The number of nitrogens with zero attached hydrogens (tertiary/aromatic N) is 1. The molecule has 3 rings (SSSR count). The lowest BCUT2D eigenvalue weighted by Gasteiger charge is -2.28. The lowest BCUT2D eigenvalue weighted by Crippen LogP contribution is -2.42. The van der Waals surface area contributed by atoms with Crippen LogP contribution < -0.4 is 15.4 Å². The first kappa shape index (κ1) is 24.8. The van der Waals surface area contributed by atoms with E-state index in [2.05, 4.69) is 15.6 Å². The van der Waals surface area contributed by atoms with E-state index in [1.54, 1.807) is 0 Å². The van der Waals surface area contributed by atoms with Gasteiger partial charge >= 0.3 is 6.18 Å². The molecule has 1 fully saturated rings. The minimum Gasteiger partial charge on any atom is -0.484 e. The topological polar surface area (TPSA) is 80.3 Å². The maximum atomic E-state index is 13.4. The minimum atomic E-state index is -4.46. The van der Waals surface area contributed by atoms with Gasteiger partial charge in [0.2, 0.25) is 5.91 Å². The predicted octanol–water partition coefficient (Wildman–Crippen LogP) is 4.26. The monoisotopic (exact) mass is 487 g/mol. The van der Waals surface area contributed by atoms with Crippen molar-refractivity contribution < 1.29 is 31.9 Å². The SMILES string of the molecule is O=C(COc1ccc(Cl)c(F)c1)NC1CCC(C(=O)NCc2ccc(C(F)(F)F)cn2)CC1. The Morgan fingerprint density at radius 1 is 1.12 bits per heavy atom. The van der Waals surface area contributed by atoms with E-state index in [4.69, 9.17) is 16.3 Å². The van der Waals surface area contributed by atoms with Gasteiger partial charge in [-0.1, -0.05) is 11.6 Å². The molecule has 0 atom stereocenters. The number of halogens is 5. The number of rotatable bonds is 7. The predicted molar refractivity (Wildman–Crippen MR) is 112 cm³/mol. The number of benzene rings is 1. The van der Waals surface area contributed by atoms with Gasteiger partial charge in [0.05, 0.1) is 22.8 Å². The van der Waals surface area contributed by atoms with Crippen LogP contribution in [0.1, 0.15) is 36.9 Å². The summed E-state index contributed by atoms with van der Waals surface area (Å²) in [5.41, 5.74) is -0.512. The standard InChI is InChI=1S/C22H22ClF4N3O3/c23-18-8-7-17(9-19(18)24)33-12-20(31)30-15-4-1-13(2-5-15)21(32)29-11-16-6-3-14(10-28-16)22(25,26)27/h3,6-10,13,15H,1-2,4-5,11-12H2,(H,29,32)(H,30,31). The molecule has 33 heavy (non-hydrogen) atoms. The van der Waals surface area contributed by atoms with Crippen LogP contribution >= 0.6 is 11.6 Å². The lowest BCUT2D eigenvalue weighted by molar-refractivity contribution is -0.138. The number of alkyl halides is 3. The largest absolute Gasteiger partial charge is 0.484 e. The van der Waals surface area contributed by atoms with Crippen LogP contribution in [0.3, 0.4) is 0 Å². The molecule has 0 saturated heterocycles. The molecule has 1 aromatic carbocycles. The van der Waals surface area contributed by atoms with Crippen LogP contribution in [0.5, 0.6) is 5.75 Å². The highest BCUT2D eigenvalue weighted by Gasteiger charge is 2.31. The van der Waals surface area contributed by atoms with E-state index in [1.165, 1.54) is 18.2 Å². The average molecular weight is 488 g/mol. The maximum absolute atomic E-state index is 13.4. The summed E-state index contributed by atoms with van der Waals surface area (Å²) in [6.45, 7) is -0.238. The van der Waals surface area contributed by atoms with Gasteiger partial charge in [0.15, 0.2) is 6.61 Å². The molecular formula is C22H22ClF4N3O3. The van der Waals surface area contributed by atoms with Crippen molar-refractivity contribution in [1.82, 2.24) is 15.6 Å². The van der Waals surface area contributed by atoms with E-state index < -0.39 is 17.6 Å². The first-order valence-corrected chi connectivity index (χ1v) is 10.7. The number of nitrogens with one attached hydrogen (secondary N) is 2. The smallest absolute Gasteiger partial charge is 0.417 e. The zero-order valence-corrected chi connectivity index (χ0v) is 18.2. The fourth-order valence-corrected chi connectivity index (χ4v) is 3.62. The average Bonchev–Trinajstić information content (AvgIpc) is 2.78. The van der Waals surface area contributed by atoms with Crippen LogP contribution in [0.25, 0.3) is 0 Å². The summed E-state index contributed by atoms with van der Waals surface area (Å²) in [7, 11) is 0. The van der Waals surface area contributed by atoms with Crippen LogP contribution in [0.15, 0.2) is 36.5 Å². The number of pyridine rings is 1. The minimum absolute atomic E-state index is 0.0380. The Morgan fingerprint density at radius 2 is 1.85 bits per heavy atom. The fourth-order valence-electron chi connectivity index (χ4n) is 3.50. The van der Waals surface area contributed by atoms with Gasteiger partial charge in [-0.05, 0) is 49.9 Å². The number of carbonyl (C=O) groups is 2. The van der Waals surface area contributed by atoms with Crippen molar-refractivity contribution in [3.8, 4) is 5.75 Å². The number of amides is 2. The van der Waals surface area contributed by atoms with Gasteiger partial charge in [-0.2, -0.15) is 13.2 Å². The molecule has 0 radical (unpaired) electrons. The number of hydrogen-bond donors (Lipinski definition) is 2. The van der Waals surface area contributed by atoms with E-state index >= 15 is 0 Å². The van der Waals surface area contributed by atoms with Crippen molar-refractivity contribution in [1.29, 1.82) is 0 Å². The summed E-state index contributed by atoms with van der Waals surface area (Å²) in [5.74, 6) is -1.25. The lowest BCUT2D eigenvalue weighted by atomic mass is 9.85. The molecule has 1 aromatic heterocycles. The summed E-state index contributed by atoms with van der Waals surface area (Å²) in [5, 5.41) is 5.49. The molecule has 0 aliphatic heterocycles. The van der Waals surface area contributed by atoms with Gasteiger partial charge in [-0.15, -0.1) is 0 Å². The molecule has 1 heterocycles. The van der Waals surface area contributed by atoms with Crippen molar-refractivity contribution in [3.05, 3.63) is 58.6 Å². The van der Waals surface area contributed by atoms with Crippen molar-refractivity contribution in [2.45, 2.75) is 44.4 Å². The highest BCUT2D eigenvalue weighted by molar-refractivity contribution is 6.30. The van der Waals surface area contributed by atoms with E-state index in [0.29, 0.717) is 31.4 Å². The Labute approximate surface area is 192 Å². The second kappa shape index (κ2) is 10.8. The number of hydrogen-bond acceptors (Lipinski definition) is 4. The molecule has 11 heteroatoms. The molecule has 0 spiro atoms. The van der Waals surface area contributed by atoms with E-state index in [1.807, 2.05) is 0 Å². The Bertz CT molecular complexity index is 978. The van der Waals surface area contributed by atoms with Crippen molar-refractivity contribution in [3.63, 3.8) is 0 Å². The van der Waals surface area contributed by atoms with Gasteiger partial charge in [0, 0.05) is 24.2 Å². The Morgan fingerprint density at radius 3 is 2.45 bits per heavy atom. The van der Waals surface area contributed by atoms with E-state index in [-0.39, 0.29) is 47.7 Å². The summed E-state index contributed by atoms with van der Waals surface area (Å²) < 4.78 is 56.4. The highest BCUT2D eigenvalue weighted by Crippen LogP contribution is 2.28. The van der Waals surface area contributed by atoms with Crippen molar-refractivity contribution >= 4 is 23.4 Å². The summed E-state index contributed by atoms with van der Waals surface area (Å²) in [6, 6.07) is 5.95. The molecule has 1 saturated carbocycles. The molecule has 2 aromatic rings. The third-order valence-corrected chi connectivity index (χ3v) is 5.63. The molecule has 1 aliphatic rings. The van der Waals surface area contributed by atoms with Crippen LogP contribution in [-0.2, 0) is 22.3 Å². The Kier molecular flexibility index (Phi) is 8.12. The van der Waals surface area contributed by atoms with Gasteiger partial charge in [0.1, 0.15) is 11.6 Å². The third-order valence-electron chi connectivity index (χ3n) is 5.32. The second-order valence-corrected chi connectivity index (χ2v) is 8.14. The number of carbonyl (C=O) groups excluding carboxylic acids is 2. The number of ether oxygens (including phenoxy) is 1. The van der Waals surface area contributed by atoms with Gasteiger partial charge in [-0.25, -0.2) is 4.39 Å². The van der Waals surface area contributed by atoms with Crippen molar-refractivity contribution in [2.75, 3.05) is 6.61 Å². The zero-order valence-electron chi connectivity index (χ0n) is 17.4. The molecule has 0 unspecified atom stereocenters. The second-order valence-electron chi connectivity index (χ2n) is 7.73.